The molecule has 0 bridgehead atoms. The number of aromatic nitrogens is 2. The highest BCUT2D eigenvalue weighted by molar-refractivity contribution is 9.10. The third-order valence-electron chi connectivity index (χ3n) is 2.74. The molecule has 1 aromatic carbocycles. The van der Waals surface area contributed by atoms with Gasteiger partial charge in [0.25, 0.3) is 5.89 Å². The Kier molecular flexibility index (Phi) is 3.22. The maximum atomic E-state index is 13.4. The normalized spacial score (nSPS) is 14.7. The molecule has 3 rings (SSSR count). The molecule has 0 aliphatic heterocycles. The Morgan fingerprint density at radius 3 is 2.89 bits per heavy atom. The largest absolute Gasteiger partial charge is 0.481 e. The number of hydrogen-bond donors (Lipinski definition) is 0. The van der Waals surface area contributed by atoms with E-state index in [1.165, 1.54) is 6.07 Å². The molecule has 2 aromatic rings. The Hall–Kier alpha value is -1.50. The summed E-state index contributed by atoms with van der Waals surface area (Å²) < 4.78 is 37.1. The summed E-state index contributed by atoms with van der Waals surface area (Å²) in [6, 6.07) is 2.37. The third kappa shape index (κ3) is 2.75. The fraction of sp³-hybridized carbons (Fsp3) is 0.333. The number of hydrogen-bond acceptors (Lipinski definition) is 4. The van der Waals surface area contributed by atoms with Crippen LogP contribution >= 0.6 is 15.9 Å². The second-order valence-electron chi connectivity index (χ2n) is 4.31. The molecule has 1 aliphatic carbocycles. The molecule has 1 saturated carbocycles. The highest BCUT2D eigenvalue weighted by atomic mass is 79.9. The highest BCUT2D eigenvalue weighted by Crippen LogP contribution is 2.38. The van der Waals surface area contributed by atoms with E-state index in [1.54, 1.807) is 0 Å². The molecule has 100 valence electrons. The average Bonchev–Trinajstić information content (AvgIpc) is 3.12. The van der Waals surface area contributed by atoms with Crippen molar-refractivity contribution in [2.75, 3.05) is 0 Å². The van der Waals surface area contributed by atoms with Crippen molar-refractivity contribution in [3.63, 3.8) is 0 Å². The number of ether oxygens (including phenoxy) is 1. The van der Waals surface area contributed by atoms with Gasteiger partial charge in [0.05, 0.1) is 0 Å². The van der Waals surface area contributed by atoms with Crippen LogP contribution in [0.1, 0.15) is 30.5 Å². The van der Waals surface area contributed by atoms with Gasteiger partial charge in [-0.2, -0.15) is 9.37 Å². The van der Waals surface area contributed by atoms with Crippen LogP contribution < -0.4 is 4.74 Å². The van der Waals surface area contributed by atoms with Gasteiger partial charge in [0.2, 0.25) is 5.82 Å². The van der Waals surface area contributed by atoms with Crippen molar-refractivity contribution in [2.24, 2.45) is 0 Å². The molecular formula is C12H9BrF2N2O2. The summed E-state index contributed by atoms with van der Waals surface area (Å²) in [7, 11) is 0. The second-order valence-corrected chi connectivity index (χ2v) is 5.22. The lowest BCUT2D eigenvalue weighted by Gasteiger charge is -2.05. The number of nitrogens with zero attached hydrogens (tertiary/aromatic N) is 2. The highest BCUT2D eigenvalue weighted by Gasteiger charge is 2.28. The SMILES string of the molecule is Fc1cc(Br)cc(OCc2nc(C3CC3)no2)c1F. The van der Waals surface area contributed by atoms with Crippen LogP contribution in [0.15, 0.2) is 21.1 Å². The molecule has 1 fully saturated rings. The second kappa shape index (κ2) is 4.88. The summed E-state index contributed by atoms with van der Waals surface area (Å²) in [6.45, 7) is -0.0907. The monoisotopic (exact) mass is 330 g/mol. The van der Waals surface area contributed by atoms with Crippen molar-refractivity contribution >= 4 is 15.9 Å². The smallest absolute Gasteiger partial charge is 0.264 e. The standard InChI is InChI=1S/C12H9BrF2N2O2/c13-7-3-8(14)11(15)9(4-7)18-5-10-16-12(17-19-10)6-1-2-6/h3-4,6H,1-2,5H2. The topological polar surface area (TPSA) is 48.2 Å². The van der Waals surface area contributed by atoms with Crippen LogP contribution in [0.2, 0.25) is 0 Å². The molecule has 0 spiro atoms. The maximum Gasteiger partial charge on any atom is 0.264 e. The minimum atomic E-state index is -1.04. The third-order valence-corrected chi connectivity index (χ3v) is 3.19. The average molecular weight is 331 g/mol. The molecule has 0 radical (unpaired) electrons. The Morgan fingerprint density at radius 2 is 2.16 bits per heavy atom. The van der Waals surface area contributed by atoms with Crippen LogP contribution in [-0.4, -0.2) is 10.1 Å². The van der Waals surface area contributed by atoms with E-state index in [4.69, 9.17) is 9.26 Å². The first kappa shape index (κ1) is 12.5. The first-order valence-corrected chi connectivity index (χ1v) is 6.52. The van der Waals surface area contributed by atoms with Crippen molar-refractivity contribution in [2.45, 2.75) is 25.4 Å². The van der Waals surface area contributed by atoms with Crippen LogP contribution in [0, 0.1) is 11.6 Å². The van der Waals surface area contributed by atoms with Crippen LogP contribution in [0.5, 0.6) is 5.75 Å². The Bertz CT molecular complexity index is 614. The molecule has 1 heterocycles. The molecule has 1 aliphatic rings. The molecule has 4 nitrogen and oxygen atoms in total. The lowest BCUT2D eigenvalue weighted by molar-refractivity contribution is 0.231. The first-order chi connectivity index (χ1) is 9.13. The summed E-state index contributed by atoms with van der Waals surface area (Å²) in [5.74, 6) is -0.935. The van der Waals surface area contributed by atoms with E-state index in [2.05, 4.69) is 26.1 Å². The Morgan fingerprint density at radius 1 is 1.37 bits per heavy atom. The van der Waals surface area contributed by atoms with Gasteiger partial charge in [-0.1, -0.05) is 21.1 Å². The van der Waals surface area contributed by atoms with E-state index < -0.39 is 11.6 Å². The van der Waals surface area contributed by atoms with Gasteiger partial charge >= 0.3 is 0 Å². The van der Waals surface area contributed by atoms with Gasteiger partial charge in [-0.15, -0.1) is 0 Å². The number of benzene rings is 1. The lowest BCUT2D eigenvalue weighted by Crippen LogP contribution is -1.99. The fourth-order valence-corrected chi connectivity index (χ4v) is 2.02. The molecule has 1 aromatic heterocycles. The van der Waals surface area contributed by atoms with Gasteiger partial charge in [-0.3, -0.25) is 0 Å². The van der Waals surface area contributed by atoms with Crippen LogP contribution in [0.25, 0.3) is 0 Å². The van der Waals surface area contributed by atoms with Gasteiger partial charge in [0.15, 0.2) is 24.0 Å². The molecule has 0 unspecified atom stereocenters. The first-order valence-electron chi connectivity index (χ1n) is 5.73. The van der Waals surface area contributed by atoms with Crippen molar-refractivity contribution in [1.29, 1.82) is 0 Å². The van der Waals surface area contributed by atoms with Gasteiger partial charge in [0.1, 0.15) is 0 Å². The van der Waals surface area contributed by atoms with Gasteiger partial charge < -0.3 is 9.26 Å². The molecule has 0 saturated heterocycles. The lowest BCUT2D eigenvalue weighted by atomic mass is 10.3. The number of halogens is 3. The van der Waals surface area contributed by atoms with E-state index in [1.807, 2.05) is 0 Å². The van der Waals surface area contributed by atoms with E-state index in [9.17, 15) is 8.78 Å². The van der Waals surface area contributed by atoms with E-state index in [-0.39, 0.29) is 18.2 Å². The summed E-state index contributed by atoms with van der Waals surface area (Å²) in [6.07, 6.45) is 2.12. The van der Waals surface area contributed by atoms with Gasteiger partial charge in [0, 0.05) is 10.4 Å². The summed E-state index contributed by atoms with van der Waals surface area (Å²) >= 11 is 3.07. The minimum Gasteiger partial charge on any atom is -0.481 e. The Balaban J connectivity index is 1.71. The zero-order chi connectivity index (χ0) is 13.4. The van der Waals surface area contributed by atoms with E-state index >= 15 is 0 Å². The molecule has 7 heteroatoms. The quantitative estimate of drug-likeness (QED) is 0.804. The van der Waals surface area contributed by atoms with Crippen molar-refractivity contribution < 1.29 is 18.0 Å². The zero-order valence-electron chi connectivity index (χ0n) is 9.70. The molecular weight excluding hydrogens is 322 g/mol. The molecule has 0 N–H and O–H groups in total. The summed E-state index contributed by atoms with van der Waals surface area (Å²) in [5, 5.41) is 3.80. The predicted molar refractivity (Wildman–Crippen MR) is 64.7 cm³/mol. The van der Waals surface area contributed by atoms with Crippen LogP contribution in [0.3, 0.4) is 0 Å². The van der Waals surface area contributed by atoms with Crippen LogP contribution in [-0.2, 0) is 6.61 Å². The van der Waals surface area contributed by atoms with E-state index in [0.29, 0.717) is 16.2 Å². The molecule has 0 amide bonds. The fourth-order valence-electron chi connectivity index (χ4n) is 1.61. The Labute approximate surface area is 115 Å². The number of rotatable bonds is 4. The molecule has 19 heavy (non-hydrogen) atoms. The van der Waals surface area contributed by atoms with Crippen molar-refractivity contribution in [1.82, 2.24) is 10.1 Å². The van der Waals surface area contributed by atoms with Gasteiger partial charge in [-0.25, -0.2) is 4.39 Å². The maximum absolute atomic E-state index is 13.4. The van der Waals surface area contributed by atoms with Crippen LogP contribution in [0.4, 0.5) is 8.78 Å². The molecule has 0 atom stereocenters. The van der Waals surface area contributed by atoms with Gasteiger partial charge in [-0.05, 0) is 25.0 Å². The van der Waals surface area contributed by atoms with E-state index in [0.717, 1.165) is 18.9 Å². The predicted octanol–water partition coefficient (Wildman–Crippen LogP) is 3.57. The van der Waals surface area contributed by atoms with Crippen molar-refractivity contribution in [3.05, 3.63) is 40.0 Å². The minimum absolute atomic E-state index is 0.0907. The zero-order valence-corrected chi connectivity index (χ0v) is 11.3. The van der Waals surface area contributed by atoms with Crippen molar-refractivity contribution in [3.8, 4) is 5.75 Å². The summed E-state index contributed by atoms with van der Waals surface area (Å²) in [4.78, 5) is 4.13. The summed E-state index contributed by atoms with van der Waals surface area (Å²) in [5.41, 5.74) is 0.